The van der Waals surface area contributed by atoms with Gasteiger partial charge in [0.15, 0.2) is 5.88 Å². The van der Waals surface area contributed by atoms with E-state index in [2.05, 4.69) is 9.98 Å². The second-order valence-electron chi connectivity index (χ2n) is 8.94. The van der Waals surface area contributed by atoms with Crippen molar-refractivity contribution in [3.05, 3.63) is 71.3 Å². The van der Waals surface area contributed by atoms with Gasteiger partial charge >= 0.3 is 7.12 Å². The molecule has 2 aromatic carbocycles. The quantitative estimate of drug-likeness (QED) is 0.641. The van der Waals surface area contributed by atoms with Crippen LogP contribution in [0.4, 0.5) is 0 Å². The van der Waals surface area contributed by atoms with Gasteiger partial charge in [0.2, 0.25) is 0 Å². The smallest absolute Gasteiger partial charge is 0.494 e. The zero-order valence-corrected chi connectivity index (χ0v) is 17.9. The third kappa shape index (κ3) is 3.04. The number of nitrogens with one attached hydrogen (secondary N) is 1. The number of aliphatic imine (C=N–C) groups is 1. The highest BCUT2D eigenvalue weighted by atomic mass is 16.7. The number of carbonyl (C=O) groups excluding carboxylic acids is 1. The first-order chi connectivity index (χ1) is 14.7. The predicted octanol–water partition coefficient (Wildman–Crippen LogP) is 3.68. The third-order valence-electron chi connectivity index (χ3n) is 6.42. The fourth-order valence-corrected chi connectivity index (χ4v) is 3.95. The minimum atomic E-state index is -0.466. The molecule has 0 bridgehead atoms. The van der Waals surface area contributed by atoms with Crippen molar-refractivity contribution in [3.8, 4) is 17.1 Å². The molecule has 0 unspecified atom stereocenters. The van der Waals surface area contributed by atoms with Crippen LogP contribution in [-0.2, 0) is 9.31 Å². The van der Waals surface area contributed by atoms with Crippen molar-refractivity contribution in [2.45, 2.75) is 38.9 Å². The number of aromatic nitrogens is 1. The maximum Gasteiger partial charge on any atom is 0.494 e. The minimum Gasteiger partial charge on any atom is -0.494 e. The van der Waals surface area contributed by atoms with Crippen LogP contribution in [0.25, 0.3) is 11.3 Å². The molecule has 3 heterocycles. The van der Waals surface area contributed by atoms with Gasteiger partial charge in [-0.1, -0.05) is 54.6 Å². The number of H-pyrrole nitrogens is 1. The first kappa shape index (κ1) is 19.8. The monoisotopic (exact) mass is 414 g/mol. The highest BCUT2D eigenvalue weighted by Gasteiger charge is 2.51. The van der Waals surface area contributed by atoms with Crippen molar-refractivity contribution >= 4 is 24.2 Å². The molecule has 0 atom stereocenters. The Bertz CT molecular complexity index is 1190. The van der Waals surface area contributed by atoms with E-state index in [9.17, 15) is 9.90 Å². The maximum absolute atomic E-state index is 12.7. The van der Waals surface area contributed by atoms with Gasteiger partial charge < -0.3 is 19.4 Å². The van der Waals surface area contributed by atoms with Crippen LogP contribution in [0, 0.1) is 0 Å². The van der Waals surface area contributed by atoms with E-state index in [0.717, 1.165) is 16.6 Å². The average molecular weight is 414 g/mol. The molecule has 0 aliphatic carbocycles. The molecule has 1 aromatic heterocycles. The van der Waals surface area contributed by atoms with E-state index in [1.807, 2.05) is 82.3 Å². The fourth-order valence-electron chi connectivity index (χ4n) is 3.95. The molecule has 7 heteroatoms. The van der Waals surface area contributed by atoms with Gasteiger partial charge in [0.25, 0.3) is 5.91 Å². The topological polar surface area (TPSA) is 83.9 Å². The van der Waals surface area contributed by atoms with Gasteiger partial charge in [0, 0.05) is 5.56 Å². The summed E-state index contributed by atoms with van der Waals surface area (Å²) in [6.07, 6.45) is 0. The number of amides is 1. The lowest BCUT2D eigenvalue weighted by atomic mass is 9.78. The number of hydrogen-bond acceptors (Lipinski definition) is 4. The standard InChI is InChI=1S/C24H23BN2O4/c1-23(2)24(3,4)31-25(30-23)16-12-10-15(11-13-16)20-18-17(21(28)27-20)19(26-22(18)29)14-8-6-5-7-9-14/h5-13,26,29H,1-4H3. The number of hydrogen-bond donors (Lipinski definition) is 2. The number of carbonyl (C=O) groups is 1. The molecule has 2 aliphatic heterocycles. The van der Waals surface area contributed by atoms with Gasteiger partial charge in [-0.15, -0.1) is 0 Å². The van der Waals surface area contributed by atoms with Crippen molar-refractivity contribution in [1.29, 1.82) is 0 Å². The lowest BCUT2D eigenvalue weighted by Crippen LogP contribution is -2.41. The molecule has 6 nitrogen and oxygen atoms in total. The van der Waals surface area contributed by atoms with E-state index in [4.69, 9.17) is 9.31 Å². The normalized spacial score (nSPS) is 18.9. The van der Waals surface area contributed by atoms with Crippen molar-refractivity contribution in [2.24, 2.45) is 4.99 Å². The molecule has 0 radical (unpaired) electrons. The Hall–Kier alpha value is -3.16. The highest BCUT2D eigenvalue weighted by molar-refractivity contribution is 6.62. The summed E-state index contributed by atoms with van der Waals surface area (Å²) < 4.78 is 12.2. The summed E-state index contributed by atoms with van der Waals surface area (Å²) in [5.41, 5.74) is 3.47. The Morgan fingerprint density at radius 2 is 1.48 bits per heavy atom. The molecule has 0 saturated carbocycles. The van der Waals surface area contributed by atoms with Crippen LogP contribution in [0.5, 0.6) is 5.88 Å². The van der Waals surface area contributed by atoms with Gasteiger partial charge in [0.1, 0.15) is 0 Å². The molecule has 3 aromatic rings. The largest absolute Gasteiger partial charge is 0.494 e. The lowest BCUT2D eigenvalue weighted by Gasteiger charge is -2.32. The van der Waals surface area contributed by atoms with Crippen LogP contribution in [0.15, 0.2) is 59.6 Å². The Balaban J connectivity index is 1.48. The minimum absolute atomic E-state index is 0.0616. The zero-order chi connectivity index (χ0) is 22.0. The van der Waals surface area contributed by atoms with Crippen molar-refractivity contribution in [2.75, 3.05) is 0 Å². The summed E-state index contributed by atoms with van der Waals surface area (Å²) >= 11 is 0. The first-order valence-electron chi connectivity index (χ1n) is 10.3. The van der Waals surface area contributed by atoms with Crippen LogP contribution in [0.2, 0.25) is 0 Å². The second kappa shape index (κ2) is 6.67. The number of aromatic amines is 1. The summed E-state index contributed by atoms with van der Waals surface area (Å²) in [7, 11) is -0.466. The van der Waals surface area contributed by atoms with Gasteiger partial charge in [-0.3, -0.25) is 4.79 Å². The third-order valence-corrected chi connectivity index (χ3v) is 6.42. The molecule has 1 fully saturated rings. The SMILES string of the molecule is CC1(C)OB(c2ccc(C3=NC(=O)c4c(-c5ccccc5)[nH]c(O)c43)cc2)OC1(C)C. The van der Waals surface area contributed by atoms with Gasteiger partial charge in [-0.2, -0.15) is 0 Å². The Morgan fingerprint density at radius 3 is 2.10 bits per heavy atom. The molecule has 1 amide bonds. The van der Waals surface area contributed by atoms with Gasteiger partial charge in [-0.05, 0) is 38.7 Å². The Kier molecular flexibility index (Phi) is 4.26. The van der Waals surface area contributed by atoms with Crippen LogP contribution in [0.3, 0.4) is 0 Å². The van der Waals surface area contributed by atoms with Crippen molar-refractivity contribution in [3.63, 3.8) is 0 Å². The molecule has 1 saturated heterocycles. The van der Waals surface area contributed by atoms with E-state index in [1.165, 1.54) is 0 Å². The van der Waals surface area contributed by atoms with E-state index in [1.54, 1.807) is 0 Å². The molecule has 5 rings (SSSR count). The molecule has 2 N–H and O–H groups in total. The number of aromatic hydroxyl groups is 1. The van der Waals surface area contributed by atoms with Crippen molar-refractivity contribution < 1.29 is 19.2 Å². The molecule has 0 spiro atoms. The molecule has 2 aliphatic rings. The summed E-state index contributed by atoms with van der Waals surface area (Å²) in [6, 6.07) is 17.0. The summed E-state index contributed by atoms with van der Waals surface area (Å²) in [6.45, 7) is 8.06. The fraction of sp³-hybridized carbons (Fsp3) is 0.250. The predicted molar refractivity (Wildman–Crippen MR) is 120 cm³/mol. The summed E-state index contributed by atoms with van der Waals surface area (Å²) in [5, 5.41) is 10.6. The number of nitrogens with zero attached hydrogens (tertiary/aromatic N) is 1. The molecular weight excluding hydrogens is 391 g/mol. The Morgan fingerprint density at radius 1 is 0.871 bits per heavy atom. The summed E-state index contributed by atoms with van der Waals surface area (Å²) in [4.78, 5) is 19.9. The van der Waals surface area contributed by atoms with Crippen LogP contribution in [-0.4, -0.2) is 40.0 Å². The van der Waals surface area contributed by atoms with Gasteiger partial charge in [0.05, 0.1) is 33.7 Å². The van der Waals surface area contributed by atoms with Crippen molar-refractivity contribution in [1.82, 2.24) is 4.98 Å². The number of benzene rings is 2. The highest BCUT2D eigenvalue weighted by Crippen LogP contribution is 2.38. The van der Waals surface area contributed by atoms with E-state index < -0.39 is 18.3 Å². The zero-order valence-electron chi connectivity index (χ0n) is 17.9. The van der Waals surface area contributed by atoms with E-state index in [-0.39, 0.29) is 11.8 Å². The molecule has 31 heavy (non-hydrogen) atoms. The van der Waals surface area contributed by atoms with Gasteiger partial charge in [-0.25, -0.2) is 4.99 Å². The van der Waals surface area contributed by atoms with E-state index in [0.29, 0.717) is 22.5 Å². The average Bonchev–Trinajstić information content (AvgIpc) is 3.33. The van der Waals surface area contributed by atoms with Crippen LogP contribution < -0.4 is 5.46 Å². The lowest BCUT2D eigenvalue weighted by molar-refractivity contribution is 0.00578. The molecule has 156 valence electrons. The Labute approximate surface area is 181 Å². The van der Waals surface area contributed by atoms with Crippen LogP contribution >= 0.6 is 0 Å². The maximum atomic E-state index is 12.7. The summed E-state index contributed by atoms with van der Waals surface area (Å²) in [5.74, 6) is -0.427. The molecular formula is C24H23BN2O4. The first-order valence-corrected chi connectivity index (χ1v) is 10.3. The second-order valence-corrected chi connectivity index (χ2v) is 8.94. The number of fused-ring (bicyclic) bond motifs is 1. The van der Waals surface area contributed by atoms with Crippen LogP contribution in [0.1, 0.15) is 49.2 Å². The number of rotatable bonds is 3. The van der Waals surface area contributed by atoms with E-state index >= 15 is 0 Å².